The molecular weight excluding hydrogens is 336 g/mol. The molecule has 0 bridgehead atoms. The molecule has 1 atom stereocenters. The van der Waals surface area contributed by atoms with Crippen LogP contribution in [0.2, 0.25) is 0 Å². The number of aromatic nitrogens is 2. The standard InChI is InChI=1S/C22H32N4O/c1-17-8-9-19(15-18(17)2)22(27)26-12-5-7-20(16-26)21-23-10-14-25(21)13-6-11-24(3)4/h8-10,14-15,20H,5-7,11-13,16H2,1-4H3/t20-/m1/s1. The first-order valence-electron chi connectivity index (χ1n) is 9.98. The van der Waals surface area contributed by atoms with Gasteiger partial charge in [-0.2, -0.15) is 0 Å². The van der Waals surface area contributed by atoms with Gasteiger partial charge >= 0.3 is 0 Å². The summed E-state index contributed by atoms with van der Waals surface area (Å²) in [4.78, 5) is 21.9. The van der Waals surface area contributed by atoms with Crippen molar-refractivity contribution in [1.29, 1.82) is 0 Å². The Balaban J connectivity index is 1.68. The van der Waals surface area contributed by atoms with Crippen molar-refractivity contribution < 1.29 is 4.79 Å². The highest BCUT2D eigenvalue weighted by Gasteiger charge is 2.28. The number of hydrogen-bond donors (Lipinski definition) is 0. The van der Waals surface area contributed by atoms with Crippen molar-refractivity contribution in [2.75, 3.05) is 33.7 Å². The predicted molar refractivity (Wildman–Crippen MR) is 109 cm³/mol. The van der Waals surface area contributed by atoms with Gasteiger partial charge in [-0.1, -0.05) is 6.07 Å². The quantitative estimate of drug-likeness (QED) is 0.784. The van der Waals surface area contributed by atoms with Gasteiger partial charge in [0.25, 0.3) is 5.91 Å². The monoisotopic (exact) mass is 368 g/mol. The second kappa shape index (κ2) is 8.70. The fourth-order valence-corrected chi connectivity index (χ4v) is 3.86. The maximum absolute atomic E-state index is 13.0. The number of imidazole rings is 1. The van der Waals surface area contributed by atoms with E-state index in [2.05, 4.69) is 48.6 Å². The summed E-state index contributed by atoms with van der Waals surface area (Å²) in [5.41, 5.74) is 3.20. The number of rotatable bonds is 6. The van der Waals surface area contributed by atoms with Gasteiger partial charge in [0.05, 0.1) is 0 Å². The van der Waals surface area contributed by atoms with E-state index in [1.165, 1.54) is 11.1 Å². The van der Waals surface area contributed by atoms with Gasteiger partial charge in [0, 0.05) is 43.5 Å². The van der Waals surface area contributed by atoms with Crippen molar-refractivity contribution in [3.05, 3.63) is 53.1 Å². The Bertz CT molecular complexity index is 780. The van der Waals surface area contributed by atoms with Gasteiger partial charge in [0.1, 0.15) is 5.82 Å². The van der Waals surface area contributed by atoms with Gasteiger partial charge < -0.3 is 14.4 Å². The Morgan fingerprint density at radius 1 is 1.26 bits per heavy atom. The molecular formula is C22H32N4O. The van der Waals surface area contributed by atoms with E-state index in [9.17, 15) is 4.79 Å². The summed E-state index contributed by atoms with van der Waals surface area (Å²) < 4.78 is 2.28. The minimum absolute atomic E-state index is 0.147. The summed E-state index contributed by atoms with van der Waals surface area (Å²) in [7, 11) is 4.21. The van der Waals surface area contributed by atoms with E-state index < -0.39 is 0 Å². The summed E-state index contributed by atoms with van der Waals surface area (Å²) in [6.45, 7) is 7.79. The van der Waals surface area contributed by atoms with Crippen LogP contribution in [0.3, 0.4) is 0 Å². The topological polar surface area (TPSA) is 41.4 Å². The third-order valence-corrected chi connectivity index (χ3v) is 5.58. The third kappa shape index (κ3) is 4.78. The van der Waals surface area contributed by atoms with E-state index in [0.29, 0.717) is 5.92 Å². The normalized spacial score (nSPS) is 17.5. The molecule has 0 unspecified atom stereocenters. The predicted octanol–water partition coefficient (Wildman–Crippen LogP) is 3.47. The van der Waals surface area contributed by atoms with E-state index >= 15 is 0 Å². The summed E-state index contributed by atoms with van der Waals surface area (Å²) in [6.07, 6.45) is 7.21. The van der Waals surface area contributed by atoms with E-state index in [4.69, 9.17) is 0 Å². The zero-order valence-corrected chi connectivity index (χ0v) is 17.1. The van der Waals surface area contributed by atoms with Crippen molar-refractivity contribution >= 4 is 5.91 Å². The number of hydrogen-bond acceptors (Lipinski definition) is 3. The number of benzene rings is 1. The lowest BCUT2D eigenvalue weighted by atomic mass is 9.96. The summed E-state index contributed by atoms with van der Waals surface area (Å²) in [5, 5.41) is 0. The molecule has 1 amide bonds. The molecule has 0 aliphatic carbocycles. The molecule has 1 saturated heterocycles. The maximum Gasteiger partial charge on any atom is 0.253 e. The van der Waals surface area contributed by atoms with Crippen molar-refractivity contribution in [2.45, 2.75) is 45.6 Å². The molecule has 1 aromatic heterocycles. The first kappa shape index (κ1) is 19.6. The SMILES string of the molecule is Cc1ccc(C(=O)N2CCC[C@@H](c3nccn3CCCN(C)C)C2)cc1C. The molecule has 3 rings (SSSR count). The lowest BCUT2D eigenvalue weighted by molar-refractivity contribution is 0.0703. The lowest BCUT2D eigenvalue weighted by Gasteiger charge is -2.33. The minimum atomic E-state index is 0.147. The Labute approximate surface area is 163 Å². The number of carbonyl (C=O) groups is 1. The van der Waals surface area contributed by atoms with E-state index in [1.54, 1.807) is 0 Å². The number of likely N-dealkylation sites (tertiary alicyclic amines) is 1. The molecule has 1 aromatic carbocycles. The van der Waals surface area contributed by atoms with Crippen LogP contribution >= 0.6 is 0 Å². The third-order valence-electron chi connectivity index (χ3n) is 5.58. The van der Waals surface area contributed by atoms with Crippen LogP contribution in [0.15, 0.2) is 30.6 Å². The molecule has 5 nitrogen and oxygen atoms in total. The van der Waals surface area contributed by atoms with Gasteiger partial charge in [-0.25, -0.2) is 4.98 Å². The summed E-state index contributed by atoms with van der Waals surface area (Å²) in [5.74, 6) is 1.60. The highest BCUT2D eigenvalue weighted by atomic mass is 16.2. The van der Waals surface area contributed by atoms with Crippen molar-refractivity contribution in [3.8, 4) is 0 Å². The highest BCUT2D eigenvalue weighted by molar-refractivity contribution is 5.94. The highest BCUT2D eigenvalue weighted by Crippen LogP contribution is 2.27. The largest absolute Gasteiger partial charge is 0.338 e. The molecule has 1 fully saturated rings. The van der Waals surface area contributed by atoms with Gasteiger partial charge in [0.2, 0.25) is 0 Å². The van der Waals surface area contributed by atoms with Crippen molar-refractivity contribution in [1.82, 2.24) is 19.4 Å². The van der Waals surface area contributed by atoms with Crippen LogP contribution < -0.4 is 0 Å². The second-order valence-electron chi connectivity index (χ2n) is 8.03. The molecule has 0 spiro atoms. The number of nitrogens with zero attached hydrogens (tertiary/aromatic N) is 4. The molecule has 146 valence electrons. The van der Waals surface area contributed by atoms with Crippen LogP contribution in [-0.2, 0) is 6.54 Å². The Kier molecular flexibility index (Phi) is 6.32. The Hall–Kier alpha value is -2.14. The molecule has 1 aliphatic heterocycles. The number of carbonyl (C=O) groups excluding carboxylic acids is 1. The number of piperidine rings is 1. The molecule has 2 aromatic rings. The van der Waals surface area contributed by atoms with E-state index in [-0.39, 0.29) is 5.91 Å². The Morgan fingerprint density at radius 2 is 2.07 bits per heavy atom. The fourth-order valence-electron chi connectivity index (χ4n) is 3.86. The molecule has 0 saturated carbocycles. The molecule has 0 N–H and O–H groups in total. The van der Waals surface area contributed by atoms with Gasteiger partial charge in [-0.05, 0) is 77.0 Å². The first-order valence-corrected chi connectivity index (χ1v) is 9.98. The van der Waals surface area contributed by atoms with Gasteiger partial charge in [-0.15, -0.1) is 0 Å². The number of amides is 1. The average Bonchev–Trinajstić information content (AvgIpc) is 3.12. The van der Waals surface area contributed by atoms with Gasteiger partial charge in [0.15, 0.2) is 0 Å². The Morgan fingerprint density at radius 3 is 2.81 bits per heavy atom. The fraction of sp³-hybridized carbons (Fsp3) is 0.545. The smallest absolute Gasteiger partial charge is 0.253 e. The van der Waals surface area contributed by atoms with Crippen LogP contribution in [-0.4, -0.2) is 59.0 Å². The van der Waals surface area contributed by atoms with Crippen LogP contribution in [0.4, 0.5) is 0 Å². The van der Waals surface area contributed by atoms with Crippen LogP contribution in [0.1, 0.15) is 52.5 Å². The second-order valence-corrected chi connectivity index (χ2v) is 8.03. The molecule has 2 heterocycles. The van der Waals surface area contributed by atoms with E-state index in [1.807, 2.05) is 29.3 Å². The lowest BCUT2D eigenvalue weighted by Crippen LogP contribution is -2.39. The average molecular weight is 369 g/mol. The molecule has 27 heavy (non-hydrogen) atoms. The van der Waals surface area contributed by atoms with Crippen LogP contribution in [0, 0.1) is 13.8 Å². The van der Waals surface area contributed by atoms with Crippen LogP contribution in [0.25, 0.3) is 0 Å². The number of aryl methyl sites for hydroxylation is 3. The minimum Gasteiger partial charge on any atom is -0.338 e. The van der Waals surface area contributed by atoms with Crippen molar-refractivity contribution in [2.24, 2.45) is 0 Å². The zero-order valence-electron chi connectivity index (χ0n) is 17.1. The van der Waals surface area contributed by atoms with Crippen LogP contribution in [0.5, 0.6) is 0 Å². The zero-order chi connectivity index (χ0) is 19.4. The van der Waals surface area contributed by atoms with Gasteiger partial charge in [-0.3, -0.25) is 4.79 Å². The first-order chi connectivity index (χ1) is 13.0. The van der Waals surface area contributed by atoms with Crippen molar-refractivity contribution in [3.63, 3.8) is 0 Å². The maximum atomic E-state index is 13.0. The molecule has 5 heteroatoms. The summed E-state index contributed by atoms with van der Waals surface area (Å²) in [6, 6.07) is 6.02. The van der Waals surface area contributed by atoms with E-state index in [0.717, 1.165) is 56.8 Å². The summed E-state index contributed by atoms with van der Waals surface area (Å²) >= 11 is 0. The molecule has 1 aliphatic rings. The molecule has 0 radical (unpaired) electrons.